The van der Waals surface area contributed by atoms with Gasteiger partial charge in [0, 0.05) is 5.69 Å². The van der Waals surface area contributed by atoms with Gasteiger partial charge in [-0.3, -0.25) is 0 Å². The molecule has 3 aromatic rings. The lowest BCUT2D eigenvalue weighted by molar-refractivity contribution is 0.107. The Hall–Kier alpha value is -3.51. The second-order valence-corrected chi connectivity index (χ2v) is 7.09. The second kappa shape index (κ2) is 11.6. The number of rotatable bonds is 10. The Kier molecular flexibility index (Phi) is 8.31. The van der Waals surface area contributed by atoms with E-state index in [1.165, 1.54) is 0 Å². The smallest absolute Gasteiger partial charge is 0.319 e. The third kappa shape index (κ3) is 7.68. The van der Waals surface area contributed by atoms with Crippen LogP contribution in [0.4, 0.5) is 10.5 Å². The molecule has 0 atom stereocenters. The fraction of sp³-hybridized carbons (Fsp3) is 0.240. The third-order valence-electron chi connectivity index (χ3n) is 4.53. The van der Waals surface area contributed by atoms with E-state index < -0.39 is 0 Å². The van der Waals surface area contributed by atoms with Gasteiger partial charge in [0.2, 0.25) is 0 Å². The minimum Gasteiger partial charge on any atom is -0.497 e. The molecule has 0 aliphatic carbocycles. The number of benzene rings is 3. The second-order valence-electron chi connectivity index (χ2n) is 7.09. The van der Waals surface area contributed by atoms with Crippen LogP contribution in [0.25, 0.3) is 0 Å². The van der Waals surface area contributed by atoms with Crippen LogP contribution in [-0.2, 0) is 18.0 Å². The summed E-state index contributed by atoms with van der Waals surface area (Å²) in [5.41, 5.74) is 3.90. The molecule has 0 aromatic heterocycles. The maximum Gasteiger partial charge on any atom is 0.319 e. The fourth-order valence-electron chi connectivity index (χ4n) is 2.96. The molecular weight excluding hydrogens is 392 g/mol. The van der Waals surface area contributed by atoms with Crippen molar-refractivity contribution in [3.05, 3.63) is 89.5 Å². The van der Waals surface area contributed by atoms with E-state index in [1.807, 2.05) is 79.7 Å². The van der Waals surface area contributed by atoms with Crippen LogP contribution in [0.1, 0.15) is 16.7 Å². The summed E-state index contributed by atoms with van der Waals surface area (Å²) < 4.78 is 16.6. The molecule has 0 heterocycles. The van der Waals surface area contributed by atoms with E-state index >= 15 is 0 Å². The van der Waals surface area contributed by atoms with E-state index in [9.17, 15) is 4.79 Å². The van der Waals surface area contributed by atoms with Crippen LogP contribution in [0.3, 0.4) is 0 Å². The highest BCUT2D eigenvalue weighted by molar-refractivity contribution is 5.89. The van der Waals surface area contributed by atoms with Gasteiger partial charge in [0.15, 0.2) is 0 Å². The molecule has 2 N–H and O–H groups in total. The molecule has 6 nitrogen and oxygen atoms in total. The van der Waals surface area contributed by atoms with Gasteiger partial charge in [-0.2, -0.15) is 0 Å². The van der Waals surface area contributed by atoms with Crippen molar-refractivity contribution in [3.63, 3.8) is 0 Å². The summed E-state index contributed by atoms with van der Waals surface area (Å²) in [5, 5.41) is 5.63. The van der Waals surface area contributed by atoms with Gasteiger partial charge < -0.3 is 24.8 Å². The highest BCUT2D eigenvalue weighted by Gasteiger charge is 2.03. The molecule has 0 unspecified atom stereocenters. The van der Waals surface area contributed by atoms with Gasteiger partial charge in [-0.15, -0.1) is 0 Å². The number of carbonyl (C=O) groups is 1. The topological polar surface area (TPSA) is 68.8 Å². The Labute approximate surface area is 183 Å². The number of carbonyl (C=O) groups excluding carboxylic acids is 1. The summed E-state index contributed by atoms with van der Waals surface area (Å²) in [6, 6.07) is 22.9. The van der Waals surface area contributed by atoms with Crippen LogP contribution >= 0.6 is 0 Å². The minimum absolute atomic E-state index is 0.274. The summed E-state index contributed by atoms with van der Waals surface area (Å²) in [6.07, 6.45) is 0. The van der Waals surface area contributed by atoms with E-state index in [1.54, 1.807) is 7.11 Å². The first-order chi connectivity index (χ1) is 15.1. The summed E-state index contributed by atoms with van der Waals surface area (Å²) in [6.45, 7) is 3.77. The predicted molar refractivity (Wildman–Crippen MR) is 122 cm³/mol. The molecule has 3 aromatic carbocycles. The molecule has 6 heteroatoms. The average molecular weight is 421 g/mol. The van der Waals surface area contributed by atoms with Crippen LogP contribution in [0, 0.1) is 6.92 Å². The van der Waals surface area contributed by atoms with E-state index in [4.69, 9.17) is 14.2 Å². The molecule has 0 fully saturated rings. The lowest BCUT2D eigenvalue weighted by Crippen LogP contribution is -2.32. The number of nitrogens with one attached hydrogen (secondary N) is 2. The van der Waals surface area contributed by atoms with Crippen LogP contribution in [-0.4, -0.2) is 26.3 Å². The number of hydrogen-bond acceptors (Lipinski definition) is 4. The molecule has 3 rings (SSSR count). The molecular formula is C25H28N2O4. The van der Waals surface area contributed by atoms with Crippen molar-refractivity contribution >= 4 is 11.7 Å². The number of anilines is 1. The number of ether oxygens (including phenoxy) is 3. The van der Waals surface area contributed by atoms with Crippen LogP contribution < -0.4 is 20.1 Å². The van der Waals surface area contributed by atoms with Crippen molar-refractivity contribution < 1.29 is 19.0 Å². The Morgan fingerprint density at radius 2 is 1.65 bits per heavy atom. The van der Waals surface area contributed by atoms with Crippen molar-refractivity contribution in [2.45, 2.75) is 20.1 Å². The zero-order valence-corrected chi connectivity index (χ0v) is 17.9. The predicted octanol–water partition coefficient (Wildman–Crippen LogP) is 4.92. The Morgan fingerprint density at radius 3 is 2.42 bits per heavy atom. The van der Waals surface area contributed by atoms with Crippen molar-refractivity contribution in [2.75, 3.05) is 25.6 Å². The summed E-state index contributed by atoms with van der Waals surface area (Å²) in [7, 11) is 1.64. The van der Waals surface area contributed by atoms with Crippen molar-refractivity contribution in [1.82, 2.24) is 5.32 Å². The van der Waals surface area contributed by atoms with Gasteiger partial charge in [0.1, 0.15) is 18.1 Å². The lowest BCUT2D eigenvalue weighted by Gasteiger charge is -2.11. The number of urea groups is 1. The fourth-order valence-corrected chi connectivity index (χ4v) is 2.96. The Bertz CT molecular complexity index is 973. The van der Waals surface area contributed by atoms with Gasteiger partial charge in [-0.05, 0) is 60.0 Å². The third-order valence-corrected chi connectivity index (χ3v) is 4.53. The zero-order valence-electron chi connectivity index (χ0n) is 17.9. The number of aryl methyl sites for hydroxylation is 1. The first kappa shape index (κ1) is 22.2. The molecule has 0 aliphatic rings. The van der Waals surface area contributed by atoms with Crippen molar-refractivity contribution in [2.24, 2.45) is 0 Å². The molecule has 0 radical (unpaired) electrons. The summed E-state index contributed by atoms with van der Waals surface area (Å²) in [4.78, 5) is 12.1. The van der Waals surface area contributed by atoms with Crippen molar-refractivity contribution in [1.29, 1.82) is 0 Å². The quantitative estimate of drug-likeness (QED) is 0.457. The summed E-state index contributed by atoms with van der Waals surface area (Å²) in [5.74, 6) is 1.62. The van der Waals surface area contributed by atoms with Gasteiger partial charge in [0.05, 0.1) is 26.9 Å². The maximum absolute atomic E-state index is 12.1. The van der Waals surface area contributed by atoms with E-state index in [0.29, 0.717) is 32.1 Å². The van der Waals surface area contributed by atoms with Gasteiger partial charge >= 0.3 is 6.03 Å². The van der Waals surface area contributed by atoms with Gasteiger partial charge in [-0.1, -0.05) is 36.4 Å². The molecule has 0 spiro atoms. The first-order valence-electron chi connectivity index (χ1n) is 10.2. The molecule has 2 amide bonds. The van der Waals surface area contributed by atoms with Crippen LogP contribution in [0.5, 0.6) is 11.5 Å². The molecule has 0 aliphatic heterocycles. The lowest BCUT2D eigenvalue weighted by atomic mass is 10.2. The Morgan fingerprint density at radius 1 is 0.871 bits per heavy atom. The highest BCUT2D eigenvalue weighted by Crippen LogP contribution is 2.15. The van der Waals surface area contributed by atoms with Crippen LogP contribution in [0.15, 0.2) is 72.8 Å². The molecule has 0 saturated carbocycles. The first-order valence-corrected chi connectivity index (χ1v) is 10.2. The normalized spacial score (nSPS) is 10.4. The van der Waals surface area contributed by atoms with Gasteiger partial charge in [0.25, 0.3) is 0 Å². The standard InChI is InChI=1S/C25H28N2O4/c1-19-5-3-8-24(15-19)31-14-13-26-25(28)27-22-7-4-6-21(16-22)18-30-17-20-9-11-23(29-2)12-10-20/h3-12,15-16H,13-14,17-18H2,1-2H3,(H2,26,27,28). The monoisotopic (exact) mass is 420 g/mol. The van der Waals surface area contributed by atoms with E-state index in [0.717, 1.165) is 28.2 Å². The molecule has 162 valence electrons. The van der Waals surface area contributed by atoms with E-state index in [-0.39, 0.29) is 6.03 Å². The molecule has 0 bridgehead atoms. The maximum atomic E-state index is 12.1. The SMILES string of the molecule is COc1ccc(COCc2cccc(NC(=O)NCCOc3cccc(C)c3)c2)cc1. The van der Waals surface area contributed by atoms with E-state index in [2.05, 4.69) is 10.6 Å². The Balaban J connectivity index is 1.38. The number of amides is 2. The minimum atomic E-state index is -0.274. The molecule has 0 saturated heterocycles. The zero-order chi connectivity index (χ0) is 21.9. The number of methoxy groups -OCH3 is 1. The summed E-state index contributed by atoms with van der Waals surface area (Å²) >= 11 is 0. The number of hydrogen-bond donors (Lipinski definition) is 2. The van der Waals surface area contributed by atoms with Crippen molar-refractivity contribution in [3.8, 4) is 11.5 Å². The van der Waals surface area contributed by atoms with Crippen LogP contribution in [0.2, 0.25) is 0 Å². The largest absolute Gasteiger partial charge is 0.497 e. The highest BCUT2D eigenvalue weighted by atomic mass is 16.5. The van der Waals surface area contributed by atoms with Gasteiger partial charge in [-0.25, -0.2) is 4.79 Å². The average Bonchev–Trinajstić information content (AvgIpc) is 2.78. The molecule has 31 heavy (non-hydrogen) atoms.